The molecule has 0 spiro atoms. The molecule has 0 heterocycles. The molecule has 0 aliphatic heterocycles. The van der Waals surface area contributed by atoms with Crippen molar-refractivity contribution in [1.29, 1.82) is 0 Å². The first kappa shape index (κ1) is 18.0. The Hall–Kier alpha value is -1.06. The zero-order chi connectivity index (χ0) is 16.5. The van der Waals surface area contributed by atoms with Crippen molar-refractivity contribution in [2.24, 2.45) is 11.7 Å². The van der Waals surface area contributed by atoms with Crippen LogP contribution in [0, 0.1) is 5.92 Å². The minimum absolute atomic E-state index is 0.135. The van der Waals surface area contributed by atoms with Gasteiger partial charge in [-0.05, 0) is 12.8 Å². The second kappa shape index (κ2) is 5.98. The summed E-state index contributed by atoms with van der Waals surface area (Å²) in [5, 5.41) is 1.80. The molecule has 0 aromatic heterocycles. The van der Waals surface area contributed by atoms with Crippen molar-refractivity contribution in [1.82, 2.24) is 5.32 Å². The summed E-state index contributed by atoms with van der Waals surface area (Å²) in [4.78, 5) is 11.3. The summed E-state index contributed by atoms with van der Waals surface area (Å²) in [5.41, 5.74) is 3.95. The number of hydrogen-bond acceptors (Lipinski definition) is 2. The van der Waals surface area contributed by atoms with Crippen LogP contribution in [0.4, 0.5) is 26.3 Å². The van der Waals surface area contributed by atoms with Gasteiger partial charge >= 0.3 is 12.4 Å². The van der Waals surface area contributed by atoms with Crippen molar-refractivity contribution in [3.63, 3.8) is 0 Å². The second-order valence-electron chi connectivity index (χ2n) is 5.01. The van der Waals surface area contributed by atoms with Crippen LogP contribution < -0.4 is 11.1 Å². The molecular formula is C11H14F6N2OS. The third-order valence-corrected chi connectivity index (χ3v) is 3.85. The molecule has 0 unspecified atom stereocenters. The molecular weight excluding hydrogens is 322 g/mol. The van der Waals surface area contributed by atoms with Gasteiger partial charge in [-0.15, -0.1) is 0 Å². The topological polar surface area (TPSA) is 55.1 Å². The molecule has 1 amide bonds. The molecule has 1 aliphatic carbocycles. The van der Waals surface area contributed by atoms with Crippen molar-refractivity contribution in [2.75, 3.05) is 0 Å². The third kappa shape index (κ3) is 4.21. The Bertz CT molecular complexity index is 400. The Labute approximate surface area is 122 Å². The molecule has 0 aromatic carbocycles. The summed E-state index contributed by atoms with van der Waals surface area (Å²) in [5.74, 6) is -6.25. The fourth-order valence-corrected chi connectivity index (χ4v) is 2.63. The number of hydrogen-bond donors (Lipinski definition) is 2. The first-order valence-corrected chi connectivity index (χ1v) is 6.56. The highest BCUT2D eigenvalue weighted by Crippen LogP contribution is 2.40. The second-order valence-corrected chi connectivity index (χ2v) is 5.45. The van der Waals surface area contributed by atoms with Crippen LogP contribution in [0.2, 0.25) is 0 Å². The van der Waals surface area contributed by atoms with Crippen LogP contribution in [0.5, 0.6) is 0 Å². The van der Waals surface area contributed by atoms with Gasteiger partial charge in [0, 0.05) is 0 Å². The van der Waals surface area contributed by atoms with Gasteiger partial charge in [0.25, 0.3) is 0 Å². The number of rotatable bonds is 3. The third-order valence-electron chi connectivity index (χ3n) is 3.46. The van der Waals surface area contributed by atoms with Crippen molar-refractivity contribution < 1.29 is 31.1 Å². The number of amides is 1. The van der Waals surface area contributed by atoms with Gasteiger partial charge < -0.3 is 11.1 Å². The highest BCUT2D eigenvalue weighted by Gasteiger charge is 2.62. The summed E-state index contributed by atoms with van der Waals surface area (Å²) in [6.45, 7) is 0. The molecule has 3 nitrogen and oxygen atoms in total. The minimum atomic E-state index is -5.73. The van der Waals surface area contributed by atoms with Crippen LogP contribution in [-0.2, 0) is 4.79 Å². The van der Waals surface area contributed by atoms with E-state index in [0.717, 1.165) is 6.42 Å². The standard InChI is InChI=1S/C11H14F6N2OS/c12-10(13,14)6(11(15,16)17)7(20)19-9(8(18)21)4-2-1-3-5-9/h6H,1-5H2,(H2,18,21)(H,19,20). The zero-order valence-corrected chi connectivity index (χ0v) is 11.6. The van der Waals surface area contributed by atoms with Crippen molar-refractivity contribution in [2.45, 2.75) is 50.0 Å². The summed E-state index contributed by atoms with van der Waals surface area (Å²) < 4.78 is 75.0. The smallest absolute Gasteiger partial charge is 0.391 e. The largest absolute Gasteiger partial charge is 0.409 e. The molecule has 1 aliphatic rings. The lowest BCUT2D eigenvalue weighted by atomic mass is 9.81. The van der Waals surface area contributed by atoms with E-state index in [1.165, 1.54) is 0 Å². The molecule has 0 atom stereocenters. The molecule has 1 rings (SSSR count). The quantitative estimate of drug-likeness (QED) is 0.615. The van der Waals surface area contributed by atoms with Gasteiger partial charge in [0.05, 0.1) is 10.5 Å². The molecule has 0 bridgehead atoms. The van der Waals surface area contributed by atoms with Gasteiger partial charge in [-0.25, -0.2) is 0 Å². The monoisotopic (exact) mass is 336 g/mol. The van der Waals surface area contributed by atoms with Crippen LogP contribution >= 0.6 is 12.2 Å². The van der Waals surface area contributed by atoms with Crippen molar-refractivity contribution in [3.05, 3.63) is 0 Å². The molecule has 3 N–H and O–H groups in total. The first-order valence-electron chi connectivity index (χ1n) is 6.15. The van der Waals surface area contributed by atoms with Crippen LogP contribution in [0.25, 0.3) is 0 Å². The average Bonchev–Trinajstić information content (AvgIpc) is 2.25. The first-order chi connectivity index (χ1) is 9.40. The normalized spacial score (nSPS) is 19.4. The number of halogens is 6. The van der Waals surface area contributed by atoms with E-state index in [1.807, 2.05) is 0 Å². The SMILES string of the molecule is NC(=S)C1(NC(=O)C(C(F)(F)F)C(F)(F)F)CCCCC1. The van der Waals surface area contributed by atoms with Crippen molar-refractivity contribution >= 4 is 23.1 Å². The number of carbonyl (C=O) groups is 1. The minimum Gasteiger partial charge on any atom is -0.391 e. The van der Waals surface area contributed by atoms with Crippen LogP contribution in [0.3, 0.4) is 0 Å². The summed E-state index contributed by atoms with van der Waals surface area (Å²) >= 11 is 4.72. The van der Waals surface area contributed by atoms with Crippen LogP contribution in [-0.4, -0.2) is 28.8 Å². The molecule has 10 heteroatoms. The number of nitrogens with one attached hydrogen (secondary N) is 1. The van der Waals surface area contributed by atoms with E-state index in [9.17, 15) is 31.1 Å². The van der Waals surface area contributed by atoms with E-state index in [-0.39, 0.29) is 17.8 Å². The van der Waals surface area contributed by atoms with E-state index in [2.05, 4.69) is 0 Å². The average molecular weight is 336 g/mol. The molecule has 1 fully saturated rings. The van der Waals surface area contributed by atoms with Gasteiger partial charge in [-0.2, -0.15) is 26.3 Å². The lowest BCUT2D eigenvalue weighted by Gasteiger charge is -2.38. The highest BCUT2D eigenvalue weighted by atomic mass is 32.1. The van der Waals surface area contributed by atoms with Gasteiger partial charge in [0.15, 0.2) is 0 Å². The Balaban J connectivity index is 3.02. The predicted molar refractivity (Wildman–Crippen MR) is 66.3 cm³/mol. The Kier molecular flexibility index (Phi) is 5.12. The maximum atomic E-state index is 12.5. The zero-order valence-electron chi connectivity index (χ0n) is 10.8. The molecule has 0 aromatic rings. The summed E-state index contributed by atoms with van der Waals surface area (Å²) in [7, 11) is 0. The Morgan fingerprint density at radius 3 is 1.81 bits per heavy atom. The number of alkyl halides is 6. The Morgan fingerprint density at radius 1 is 1.05 bits per heavy atom. The molecule has 0 radical (unpaired) electrons. The van der Waals surface area contributed by atoms with E-state index in [4.69, 9.17) is 18.0 Å². The molecule has 0 saturated heterocycles. The lowest BCUT2D eigenvalue weighted by molar-refractivity contribution is -0.274. The maximum absolute atomic E-state index is 12.5. The fourth-order valence-electron chi connectivity index (χ4n) is 2.38. The van der Waals surface area contributed by atoms with E-state index >= 15 is 0 Å². The highest BCUT2D eigenvalue weighted by molar-refractivity contribution is 7.80. The molecule has 122 valence electrons. The maximum Gasteiger partial charge on any atom is 0.409 e. The molecule has 1 saturated carbocycles. The van der Waals surface area contributed by atoms with Gasteiger partial charge in [-0.1, -0.05) is 31.5 Å². The summed E-state index contributed by atoms with van der Waals surface area (Å²) in [6, 6.07) is 0. The van der Waals surface area contributed by atoms with Crippen molar-refractivity contribution in [3.8, 4) is 0 Å². The Morgan fingerprint density at radius 2 is 1.48 bits per heavy atom. The molecule has 21 heavy (non-hydrogen) atoms. The van der Waals surface area contributed by atoms with Gasteiger partial charge in [0.1, 0.15) is 0 Å². The van der Waals surface area contributed by atoms with E-state index in [0.29, 0.717) is 12.8 Å². The van der Waals surface area contributed by atoms with Crippen LogP contribution in [0.1, 0.15) is 32.1 Å². The lowest BCUT2D eigenvalue weighted by Crippen LogP contribution is -2.61. The number of thiocarbonyl (C=S) groups is 1. The van der Waals surface area contributed by atoms with E-state index in [1.54, 1.807) is 5.32 Å². The van der Waals surface area contributed by atoms with E-state index < -0.39 is 29.7 Å². The fraction of sp³-hybridized carbons (Fsp3) is 0.818. The summed E-state index contributed by atoms with van der Waals surface area (Å²) in [6.07, 6.45) is -9.40. The van der Waals surface area contributed by atoms with Gasteiger partial charge in [-0.3, -0.25) is 4.79 Å². The predicted octanol–water partition coefficient (Wildman–Crippen LogP) is 2.83. The number of nitrogens with two attached hydrogens (primary N) is 1. The van der Waals surface area contributed by atoms with Crippen LogP contribution in [0.15, 0.2) is 0 Å². The number of carbonyl (C=O) groups excluding carboxylic acids is 1. The van der Waals surface area contributed by atoms with Gasteiger partial charge in [0.2, 0.25) is 11.8 Å².